The van der Waals surface area contributed by atoms with E-state index in [4.69, 9.17) is 9.98 Å². The fourth-order valence-electron chi connectivity index (χ4n) is 2.77. The first-order valence-electron chi connectivity index (χ1n) is 8.09. The summed E-state index contributed by atoms with van der Waals surface area (Å²) in [7, 11) is 0. The number of nitrogens with one attached hydrogen (secondary N) is 1. The molecule has 122 valence electrons. The summed E-state index contributed by atoms with van der Waals surface area (Å²) in [6.07, 6.45) is -0.196. The molecule has 0 aromatic heterocycles. The van der Waals surface area contributed by atoms with E-state index in [1.165, 1.54) is 0 Å². The van der Waals surface area contributed by atoms with Crippen molar-refractivity contribution in [1.29, 1.82) is 0 Å². The summed E-state index contributed by atoms with van der Waals surface area (Å²) in [6, 6.07) is 28.3. The molecule has 1 heterocycles. The van der Waals surface area contributed by atoms with Gasteiger partial charge in [-0.25, -0.2) is 9.98 Å². The van der Waals surface area contributed by atoms with Crippen molar-refractivity contribution >= 4 is 27.6 Å². The minimum absolute atomic E-state index is 0.196. The maximum absolute atomic E-state index is 4.85. The summed E-state index contributed by atoms with van der Waals surface area (Å²) >= 11 is 3.64. The molecule has 0 radical (unpaired) electrons. The highest BCUT2D eigenvalue weighted by Crippen LogP contribution is 2.27. The topological polar surface area (TPSA) is 36.8 Å². The fraction of sp³-hybridized carbons (Fsp3) is 0.0476. The SMILES string of the molecule is Brc1ccccc1C1N=C(c2ccccc2)N=C(c2ccccc2)N1. The van der Waals surface area contributed by atoms with Crippen molar-refractivity contribution in [3.63, 3.8) is 0 Å². The number of halogens is 1. The maximum atomic E-state index is 4.85. The third-order valence-electron chi connectivity index (χ3n) is 4.02. The Morgan fingerprint density at radius 1 is 0.720 bits per heavy atom. The summed E-state index contributed by atoms with van der Waals surface area (Å²) in [4.78, 5) is 9.61. The first kappa shape index (κ1) is 15.8. The Bertz CT molecular complexity index is 934. The number of aliphatic imine (C=N–C) groups is 2. The zero-order valence-electron chi connectivity index (χ0n) is 13.4. The smallest absolute Gasteiger partial charge is 0.159 e. The molecule has 4 heteroatoms. The molecule has 3 nitrogen and oxygen atoms in total. The minimum atomic E-state index is -0.196. The lowest BCUT2D eigenvalue weighted by Crippen LogP contribution is -2.33. The number of hydrogen-bond donors (Lipinski definition) is 1. The molecule has 1 aliphatic heterocycles. The fourth-order valence-corrected chi connectivity index (χ4v) is 3.27. The quantitative estimate of drug-likeness (QED) is 0.676. The Morgan fingerprint density at radius 2 is 1.32 bits per heavy atom. The van der Waals surface area contributed by atoms with Gasteiger partial charge in [0.25, 0.3) is 0 Å². The van der Waals surface area contributed by atoms with Gasteiger partial charge in [-0.1, -0.05) is 94.8 Å². The molecule has 4 rings (SSSR count). The molecular weight excluding hydrogens is 374 g/mol. The standard InChI is InChI=1S/C21H16BrN3/c22-18-14-8-7-13-17(18)21-24-19(15-9-3-1-4-10-15)23-20(25-21)16-11-5-2-6-12-16/h1-14,21H,(H,23,24,25). The summed E-state index contributed by atoms with van der Waals surface area (Å²) in [5.74, 6) is 1.56. The second kappa shape index (κ2) is 7.03. The third-order valence-corrected chi connectivity index (χ3v) is 4.74. The predicted octanol–water partition coefficient (Wildman–Crippen LogP) is 4.94. The molecule has 0 bridgehead atoms. The van der Waals surface area contributed by atoms with Gasteiger partial charge >= 0.3 is 0 Å². The number of nitrogens with zero attached hydrogens (tertiary/aromatic N) is 2. The Balaban J connectivity index is 1.81. The van der Waals surface area contributed by atoms with Crippen molar-refractivity contribution in [3.05, 3.63) is 106 Å². The monoisotopic (exact) mass is 389 g/mol. The van der Waals surface area contributed by atoms with Crippen molar-refractivity contribution < 1.29 is 0 Å². The van der Waals surface area contributed by atoms with E-state index in [1.54, 1.807) is 0 Å². The van der Waals surface area contributed by atoms with Gasteiger partial charge in [-0.2, -0.15) is 0 Å². The average Bonchev–Trinajstić information content (AvgIpc) is 2.69. The van der Waals surface area contributed by atoms with Gasteiger partial charge in [0.1, 0.15) is 12.0 Å². The van der Waals surface area contributed by atoms with Crippen molar-refractivity contribution in [1.82, 2.24) is 5.32 Å². The normalized spacial score (nSPS) is 16.6. The van der Waals surface area contributed by atoms with E-state index in [-0.39, 0.29) is 6.17 Å². The molecular formula is C21H16BrN3. The Hall–Kier alpha value is -2.72. The molecule has 0 spiro atoms. The van der Waals surface area contributed by atoms with Gasteiger partial charge in [-0.05, 0) is 6.07 Å². The van der Waals surface area contributed by atoms with Crippen LogP contribution in [0.5, 0.6) is 0 Å². The van der Waals surface area contributed by atoms with Gasteiger partial charge in [-0.15, -0.1) is 0 Å². The number of hydrogen-bond acceptors (Lipinski definition) is 3. The molecule has 3 aromatic carbocycles. The van der Waals surface area contributed by atoms with E-state index in [0.717, 1.165) is 32.8 Å². The maximum Gasteiger partial charge on any atom is 0.159 e. The molecule has 1 unspecified atom stereocenters. The lowest BCUT2D eigenvalue weighted by molar-refractivity contribution is 0.671. The zero-order valence-corrected chi connectivity index (χ0v) is 15.0. The largest absolute Gasteiger partial charge is 0.344 e. The highest BCUT2D eigenvalue weighted by Gasteiger charge is 2.22. The van der Waals surface area contributed by atoms with E-state index in [0.29, 0.717) is 0 Å². The second-order valence-electron chi connectivity index (χ2n) is 5.71. The van der Waals surface area contributed by atoms with Gasteiger partial charge in [0.15, 0.2) is 5.84 Å². The molecule has 1 N–H and O–H groups in total. The minimum Gasteiger partial charge on any atom is -0.344 e. The molecule has 0 fully saturated rings. The van der Waals surface area contributed by atoms with E-state index in [1.807, 2.05) is 66.7 Å². The Kier molecular flexibility index (Phi) is 4.44. The van der Waals surface area contributed by atoms with Crippen LogP contribution >= 0.6 is 15.9 Å². The van der Waals surface area contributed by atoms with Crippen molar-refractivity contribution in [2.45, 2.75) is 6.17 Å². The molecule has 1 aliphatic rings. The first-order chi connectivity index (χ1) is 12.3. The summed E-state index contributed by atoms with van der Waals surface area (Å²) in [5, 5.41) is 3.46. The van der Waals surface area contributed by atoms with Crippen LogP contribution in [-0.4, -0.2) is 11.7 Å². The van der Waals surface area contributed by atoms with Crippen LogP contribution in [0.4, 0.5) is 0 Å². The number of amidine groups is 2. The third kappa shape index (κ3) is 3.39. The second-order valence-corrected chi connectivity index (χ2v) is 6.57. The van der Waals surface area contributed by atoms with Crippen molar-refractivity contribution in [2.75, 3.05) is 0 Å². The van der Waals surface area contributed by atoms with E-state index < -0.39 is 0 Å². The Morgan fingerprint density at radius 3 is 2.00 bits per heavy atom. The lowest BCUT2D eigenvalue weighted by Gasteiger charge is -2.24. The van der Waals surface area contributed by atoms with Gasteiger partial charge in [0, 0.05) is 21.2 Å². The highest BCUT2D eigenvalue weighted by molar-refractivity contribution is 9.10. The van der Waals surface area contributed by atoms with Crippen LogP contribution in [0, 0.1) is 0 Å². The van der Waals surface area contributed by atoms with Crippen LogP contribution in [0.3, 0.4) is 0 Å². The van der Waals surface area contributed by atoms with Crippen molar-refractivity contribution in [3.8, 4) is 0 Å². The molecule has 0 saturated carbocycles. The van der Waals surface area contributed by atoms with Crippen LogP contribution in [-0.2, 0) is 0 Å². The van der Waals surface area contributed by atoms with Crippen LogP contribution in [0.1, 0.15) is 22.9 Å². The molecule has 0 amide bonds. The summed E-state index contributed by atoms with van der Waals surface area (Å²) in [5.41, 5.74) is 3.14. The van der Waals surface area contributed by atoms with Gasteiger partial charge < -0.3 is 5.32 Å². The summed E-state index contributed by atoms with van der Waals surface area (Å²) in [6.45, 7) is 0. The van der Waals surface area contributed by atoms with Gasteiger partial charge in [-0.3, -0.25) is 0 Å². The molecule has 1 atom stereocenters. The predicted molar refractivity (Wildman–Crippen MR) is 106 cm³/mol. The van der Waals surface area contributed by atoms with E-state index >= 15 is 0 Å². The van der Waals surface area contributed by atoms with Crippen LogP contribution in [0.15, 0.2) is 99.4 Å². The highest BCUT2D eigenvalue weighted by atomic mass is 79.9. The van der Waals surface area contributed by atoms with Crippen molar-refractivity contribution in [2.24, 2.45) is 9.98 Å². The zero-order chi connectivity index (χ0) is 17.1. The lowest BCUT2D eigenvalue weighted by atomic mass is 10.1. The van der Waals surface area contributed by atoms with Crippen LogP contribution in [0.2, 0.25) is 0 Å². The first-order valence-corrected chi connectivity index (χ1v) is 8.89. The average molecular weight is 390 g/mol. The van der Waals surface area contributed by atoms with E-state index in [2.05, 4.69) is 39.4 Å². The molecule has 25 heavy (non-hydrogen) atoms. The van der Waals surface area contributed by atoms with Gasteiger partial charge in [0.2, 0.25) is 0 Å². The Labute approximate surface area is 155 Å². The number of rotatable bonds is 3. The van der Waals surface area contributed by atoms with Crippen LogP contribution in [0.25, 0.3) is 0 Å². The van der Waals surface area contributed by atoms with Crippen LogP contribution < -0.4 is 5.32 Å². The number of benzene rings is 3. The van der Waals surface area contributed by atoms with Gasteiger partial charge in [0.05, 0.1) is 0 Å². The molecule has 0 aliphatic carbocycles. The van der Waals surface area contributed by atoms with E-state index in [9.17, 15) is 0 Å². The molecule has 3 aromatic rings. The molecule has 0 saturated heterocycles. The summed E-state index contributed by atoms with van der Waals surface area (Å²) < 4.78 is 1.03.